The molecule has 1 aliphatic heterocycles. The Morgan fingerprint density at radius 1 is 1.47 bits per heavy atom. The number of carbonyl (C=O) groups excluding carboxylic acids is 1. The Balaban J connectivity index is 2.42. The first-order chi connectivity index (χ1) is 7.13. The van der Waals surface area contributed by atoms with Crippen molar-refractivity contribution in [1.29, 1.82) is 0 Å². The molecule has 0 aromatic heterocycles. The van der Waals surface area contributed by atoms with Gasteiger partial charge >= 0.3 is 0 Å². The number of carbonyl (C=O) groups is 1. The Hall–Kier alpha value is -0.450. The highest BCUT2D eigenvalue weighted by molar-refractivity contribution is 5.81. The van der Waals surface area contributed by atoms with E-state index in [0.29, 0.717) is 12.6 Å². The number of hydrogen-bond acceptors (Lipinski definition) is 4. The van der Waals surface area contributed by atoms with Crippen molar-refractivity contribution in [1.82, 2.24) is 9.80 Å². The Kier molecular flexibility index (Phi) is 5.22. The van der Waals surface area contributed by atoms with Gasteiger partial charge in [-0.3, -0.25) is 9.69 Å². The number of likely N-dealkylation sites (N-methyl/N-ethyl adjacent to an activating group) is 1. The van der Waals surface area contributed by atoms with Crippen LogP contribution in [0.5, 0.6) is 0 Å². The summed E-state index contributed by atoms with van der Waals surface area (Å²) in [6, 6.07) is 0.457. The molecule has 1 atom stereocenters. The van der Waals surface area contributed by atoms with Gasteiger partial charge in [0.25, 0.3) is 0 Å². The van der Waals surface area contributed by atoms with Crippen LogP contribution in [0.25, 0.3) is 0 Å². The first-order valence-electron chi connectivity index (χ1n) is 5.56. The zero-order valence-corrected chi connectivity index (χ0v) is 10.0. The topological polar surface area (TPSA) is 32.8 Å². The van der Waals surface area contributed by atoms with Crippen molar-refractivity contribution < 1.29 is 9.53 Å². The Bertz CT molecular complexity index is 209. The van der Waals surface area contributed by atoms with Crippen LogP contribution >= 0.6 is 0 Å². The van der Waals surface area contributed by atoms with Crippen molar-refractivity contribution in [3.05, 3.63) is 0 Å². The van der Waals surface area contributed by atoms with Gasteiger partial charge in [0.15, 0.2) is 5.78 Å². The maximum atomic E-state index is 11.5. The smallest absolute Gasteiger partial charge is 0.172 e. The van der Waals surface area contributed by atoms with Crippen molar-refractivity contribution in [2.75, 3.05) is 46.9 Å². The van der Waals surface area contributed by atoms with Gasteiger partial charge in [0.2, 0.25) is 0 Å². The fourth-order valence-corrected chi connectivity index (χ4v) is 2.09. The lowest BCUT2D eigenvalue weighted by atomic mass is 10.2. The molecule has 0 bridgehead atoms. The molecule has 0 aromatic carbocycles. The second-order valence-corrected chi connectivity index (χ2v) is 4.41. The summed E-state index contributed by atoms with van der Waals surface area (Å²) < 4.78 is 4.85. The largest absolute Gasteiger partial charge is 0.377 e. The van der Waals surface area contributed by atoms with E-state index >= 15 is 0 Å². The average molecular weight is 214 g/mol. The van der Waals surface area contributed by atoms with Crippen LogP contribution in [0, 0.1) is 0 Å². The number of nitrogens with zero attached hydrogens (tertiary/aromatic N) is 2. The van der Waals surface area contributed by atoms with E-state index in [1.807, 2.05) is 0 Å². The van der Waals surface area contributed by atoms with Gasteiger partial charge in [-0.1, -0.05) is 0 Å². The highest BCUT2D eigenvalue weighted by Crippen LogP contribution is 2.07. The van der Waals surface area contributed by atoms with Crippen LogP contribution in [0.3, 0.4) is 0 Å². The molecule has 0 N–H and O–H groups in total. The lowest BCUT2D eigenvalue weighted by Gasteiger charge is -2.26. The molecule has 1 unspecified atom stereocenters. The molecule has 0 saturated carbocycles. The van der Waals surface area contributed by atoms with E-state index in [1.54, 1.807) is 7.11 Å². The van der Waals surface area contributed by atoms with Crippen molar-refractivity contribution in [2.24, 2.45) is 0 Å². The Labute approximate surface area is 92.2 Å². The maximum absolute atomic E-state index is 11.5. The molecule has 4 heteroatoms. The zero-order valence-electron chi connectivity index (χ0n) is 10.0. The van der Waals surface area contributed by atoms with Gasteiger partial charge in [0, 0.05) is 26.2 Å². The first kappa shape index (κ1) is 12.6. The van der Waals surface area contributed by atoms with Crippen molar-refractivity contribution >= 4 is 5.78 Å². The molecule has 1 saturated heterocycles. The normalized spacial score (nSPS) is 25.1. The van der Waals surface area contributed by atoms with E-state index in [9.17, 15) is 4.79 Å². The molecule has 0 spiro atoms. The molecular weight excluding hydrogens is 192 g/mol. The first-order valence-corrected chi connectivity index (χ1v) is 5.56. The molecular formula is C11H22N2O2. The van der Waals surface area contributed by atoms with Gasteiger partial charge in [-0.2, -0.15) is 0 Å². The Morgan fingerprint density at radius 3 is 2.87 bits per heavy atom. The van der Waals surface area contributed by atoms with Gasteiger partial charge in [-0.05, 0) is 26.9 Å². The van der Waals surface area contributed by atoms with Crippen LogP contribution in [0.15, 0.2) is 0 Å². The van der Waals surface area contributed by atoms with Crippen molar-refractivity contribution in [3.63, 3.8) is 0 Å². The SMILES string of the molecule is COCC(=O)CN1CCCN(C)CC1C. The molecule has 88 valence electrons. The predicted molar refractivity (Wildman–Crippen MR) is 60.0 cm³/mol. The molecule has 1 rings (SSSR count). The van der Waals surface area contributed by atoms with Gasteiger partial charge in [-0.25, -0.2) is 0 Å². The fourth-order valence-electron chi connectivity index (χ4n) is 2.09. The summed E-state index contributed by atoms with van der Waals surface area (Å²) in [7, 11) is 3.70. The number of ketones is 1. The maximum Gasteiger partial charge on any atom is 0.172 e. The van der Waals surface area contributed by atoms with Crippen LogP contribution in [-0.2, 0) is 9.53 Å². The standard InChI is InChI=1S/C11H22N2O2/c1-10-7-12(2)5-4-6-13(10)8-11(14)9-15-3/h10H,4-9H2,1-3H3. The second kappa shape index (κ2) is 6.20. The molecule has 0 amide bonds. The number of methoxy groups -OCH3 is 1. The third kappa shape index (κ3) is 4.28. The predicted octanol–water partition coefficient (Wildman–Crippen LogP) is 0.228. The van der Waals surface area contributed by atoms with Crippen molar-refractivity contribution in [3.8, 4) is 0 Å². The minimum atomic E-state index is 0.175. The minimum absolute atomic E-state index is 0.175. The number of rotatable bonds is 4. The monoisotopic (exact) mass is 214 g/mol. The van der Waals surface area contributed by atoms with E-state index in [4.69, 9.17) is 4.74 Å². The Morgan fingerprint density at radius 2 is 2.20 bits per heavy atom. The van der Waals surface area contributed by atoms with E-state index < -0.39 is 0 Å². The van der Waals surface area contributed by atoms with E-state index in [0.717, 1.165) is 26.1 Å². The van der Waals surface area contributed by atoms with Crippen LogP contribution < -0.4 is 0 Å². The quantitative estimate of drug-likeness (QED) is 0.670. The molecule has 0 aliphatic carbocycles. The average Bonchev–Trinajstić information content (AvgIpc) is 2.29. The summed E-state index contributed by atoms with van der Waals surface area (Å²) in [5.41, 5.74) is 0. The third-order valence-electron chi connectivity index (χ3n) is 2.87. The lowest BCUT2D eigenvalue weighted by Crippen LogP contribution is -2.41. The zero-order chi connectivity index (χ0) is 11.3. The summed E-state index contributed by atoms with van der Waals surface area (Å²) in [6.07, 6.45) is 1.14. The molecule has 1 aliphatic rings. The van der Waals surface area contributed by atoms with Crippen LogP contribution in [0.1, 0.15) is 13.3 Å². The van der Waals surface area contributed by atoms with Gasteiger partial charge in [0.1, 0.15) is 6.61 Å². The molecule has 15 heavy (non-hydrogen) atoms. The molecule has 1 heterocycles. The van der Waals surface area contributed by atoms with Crippen LogP contribution in [0.2, 0.25) is 0 Å². The van der Waals surface area contributed by atoms with Crippen LogP contribution in [0.4, 0.5) is 0 Å². The lowest BCUT2D eigenvalue weighted by molar-refractivity contribution is -0.124. The summed E-state index contributed by atoms with van der Waals surface area (Å²) in [5.74, 6) is 0.175. The highest BCUT2D eigenvalue weighted by Gasteiger charge is 2.21. The van der Waals surface area contributed by atoms with Gasteiger partial charge in [-0.15, -0.1) is 0 Å². The summed E-state index contributed by atoms with van der Waals surface area (Å²) in [6.45, 7) is 6.13. The highest BCUT2D eigenvalue weighted by atomic mass is 16.5. The third-order valence-corrected chi connectivity index (χ3v) is 2.87. The van der Waals surface area contributed by atoms with E-state index in [2.05, 4.69) is 23.8 Å². The van der Waals surface area contributed by atoms with Crippen molar-refractivity contribution in [2.45, 2.75) is 19.4 Å². The van der Waals surface area contributed by atoms with Gasteiger partial charge in [0.05, 0.1) is 6.54 Å². The molecule has 0 radical (unpaired) electrons. The number of ether oxygens (including phenoxy) is 1. The summed E-state index contributed by atoms with van der Waals surface area (Å²) in [5, 5.41) is 0. The minimum Gasteiger partial charge on any atom is -0.377 e. The van der Waals surface area contributed by atoms with E-state index in [1.165, 1.54) is 0 Å². The number of hydrogen-bond donors (Lipinski definition) is 0. The van der Waals surface area contributed by atoms with Crippen LogP contribution in [-0.4, -0.2) is 68.6 Å². The van der Waals surface area contributed by atoms with E-state index in [-0.39, 0.29) is 12.4 Å². The second-order valence-electron chi connectivity index (χ2n) is 4.41. The summed E-state index contributed by atoms with van der Waals surface area (Å²) >= 11 is 0. The fraction of sp³-hybridized carbons (Fsp3) is 0.909. The number of Topliss-reactive ketones (excluding diaryl/α,β-unsaturated/α-hetero) is 1. The summed E-state index contributed by atoms with van der Waals surface area (Å²) in [4.78, 5) is 16.1. The molecule has 4 nitrogen and oxygen atoms in total. The molecule has 0 aromatic rings. The molecule has 1 fully saturated rings. The van der Waals surface area contributed by atoms with Gasteiger partial charge < -0.3 is 9.64 Å².